The molecule has 0 bridgehead atoms. The average Bonchev–Trinajstić information content (AvgIpc) is 2.88. The van der Waals surface area contributed by atoms with Crippen molar-refractivity contribution in [2.75, 3.05) is 0 Å². The Balaban J connectivity index is 0. The van der Waals surface area contributed by atoms with Gasteiger partial charge in [0, 0.05) is 6.42 Å². The highest BCUT2D eigenvalue weighted by atomic mass is 16.4. The molecule has 0 aliphatic heterocycles. The summed E-state index contributed by atoms with van der Waals surface area (Å²) in [7, 11) is 0. The van der Waals surface area contributed by atoms with E-state index in [4.69, 9.17) is 31.9 Å². The minimum absolute atomic E-state index is 0.160. The van der Waals surface area contributed by atoms with Gasteiger partial charge in [-0.2, -0.15) is 0 Å². The minimum Gasteiger partial charge on any atom is -0.508 e. The monoisotopic (exact) mass is 568 g/mol. The number of carboxylic acid groups (broad SMARTS) is 3. The van der Waals surface area contributed by atoms with E-state index in [0.29, 0.717) is 18.8 Å². The number of phenolic OH excluding ortho intramolecular Hbond substituents is 1. The predicted octanol–water partition coefficient (Wildman–Crippen LogP) is 6.34. The van der Waals surface area contributed by atoms with E-state index in [1.54, 1.807) is 12.1 Å². The molecule has 0 radical (unpaired) electrons. The Hall–Kier alpha value is -2.65. The van der Waals surface area contributed by atoms with Gasteiger partial charge in [0.05, 0.1) is 0 Å². The van der Waals surface area contributed by atoms with Crippen LogP contribution in [0.25, 0.3) is 0 Å². The number of rotatable bonds is 20. The molecule has 0 fully saturated rings. The molecule has 0 saturated heterocycles. The number of aliphatic carboxylic acids is 3. The molecule has 1 rings (SSSR count). The molecule has 9 nitrogen and oxygen atoms in total. The first-order chi connectivity index (χ1) is 18.9. The molecule has 0 saturated carbocycles. The van der Waals surface area contributed by atoms with Gasteiger partial charge in [0.15, 0.2) is 0 Å². The molecule has 0 spiro atoms. The van der Waals surface area contributed by atoms with Crippen molar-refractivity contribution in [1.29, 1.82) is 0 Å². The summed E-state index contributed by atoms with van der Waals surface area (Å²) in [5, 5.41) is 34.3. The number of phenols is 1. The molecule has 0 aliphatic carbocycles. The molecule has 0 aliphatic rings. The van der Waals surface area contributed by atoms with Crippen LogP contribution in [0.5, 0.6) is 5.75 Å². The van der Waals surface area contributed by atoms with Gasteiger partial charge in [0.25, 0.3) is 0 Å². The number of carbonyl (C=O) groups is 3. The van der Waals surface area contributed by atoms with Crippen LogP contribution in [0.3, 0.4) is 0 Å². The SMILES string of the molecule is CC(C)CC(N)C(=O)O.CCCCCCCCCCCCCCCC(=O)O.NC(Cc1ccc(O)cc1)C(=O)O. The van der Waals surface area contributed by atoms with Crippen molar-refractivity contribution >= 4 is 17.9 Å². The highest BCUT2D eigenvalue weighted by molar-refractivity contribution is 5.73. The Morgan fingerprint density at radius 1 is 0.675 bits per heavy atom. The number of nitrogens with two attached hydrogens (primary N) is 2. The van der Waals surface area contributed by atoms with Crippen molar-refractivity contribution in [3.63, 3.8) is 0 Å². The molecule has 0 aromatic heterocycles. The maximum atomic E-state index is 10.4. The molecule has 0 heterocycles. The minimum atomic E-state index is -1.02. The Bertz CT molecular complexity index is 769. The van der Waals surface area contributed by atoms with E-state index in [1.807, 2.05) is 13.8 Å². The fourth-order valence-electron chi connectivity index (χ4n) is 3.88. The zero-order valence-electron chi connectivity index (χ0n) is 25.0. The van der Waals surface area contributed by atoms with Crippen LogP contribution in [0.4, 0.5) is 0 Å². The van der Waals surface area contributed by atoms with Gasteiger partial charge in [-0.15, -0.1) is 0 Å². The van der Waals surface area contributed by atoms with Gasteiger partial charge in [-0.05, 0) is 42.9 Å². The van der Waals surface area contributed by atoms with E-state index in [9.17, 15) is 14.4 Å². The Morgan fingerprint density at radius 2 is 1.07 bits per heavy atom. The highest BCUT2D eigenvalue weighted by Crippen LogP contribution is 2.13. The zero-order valence-corrected chi connectivity index (χ0v) is 25.0. The summed E-state index contributed by atoms with van der Waals surface area (Å²) in [5.74, 6) is -2.07. The number of aromatic hydroxyl groups is 1. The second-order valence-electron chi connectivity index (χ2n) is 10.8. The molecule has 1 aromatic rings. The van der Waals surface area contributed by atoms with Crippen LogP contribution in [0.15, 0.2) is 24.3 Å². The Labute approximate surface area is 241 Å². The zero-order chi connectivity index (χ0) is 30.8. The van der Waals surface area contributed by atoms with Crippen LogP contribution >= 0.6 is 0 Å². The van der Waals surface area contributed by atoms with Crippen molar-refractivity contribution in [1.82, 2.24) is 0 Å². The predicted molar refractivity (Wildman–Crippen MR) is 160 cm³/mol. The molecule has 2 atom stereocenters. The van der Waals surface area contributed by atoms with Crippen LogP contribution in [-0.4, -0.2) is 50.4 Å². The lowest BCUT2D eigenvalue weighted by Crippen LogP contribution is -2.32. The summed E-state index contributed by atoms with van der Waals surface area (Å²) < 4.78 is 0. The summed E-state index contributed by atoms with van der Waals surface area (Å²) in [6.07, 6.45) is 18.1. The average molecular weight is 569 g/mol. The normalized spacial score (nSPS) is 11.9. The molecule has 1 aromatic carbocycles. The third kappa shape index (κ3) is 28.4. The maximum Gasteiger partial charge on any atom is 0.320 e. The van der Waals surface area contributed by atoms with Gasteiger partial charge in [0.2, 0.25) is 0 Å². The molecule has 0 amide bonds. The Morgan fingerprint density at radius 3 is 1.40 bits per heavy atom. The van der Waals surface area contributed by atoms with E-state index in [2.05, 4.69) is 6.92 Å². The molecule has 40 heavy (non-hydrogen) atoms. The van der Waals surface area contributed by atoms with Gasteiger partial charge < -0.3 is 31.9 Å². The molecule has 8 N–H and O–H groups in total. The quantitative estimate of drug-likeness (QED) is 0.0976. The summed E-state index contributed by atoms with van der Waals surface area (Å²) in [4.78, 5) is 30.8. The van der Waals surface area contributed by atoms with Gasteiger partial charge in [-0.1, -0.05) is 110 Å². The van der Waals surface area contributed by atoms with E-state index >= 15 is 0 Å². The first-order valence-electron chi connectivity index (χ1n) is 14.9. The van der Waals surface area contributed by atoms with Crippen molar-refractivity contribution in [3.05, 3.63) is 29.8 Å². The lowest BCUT2D eigenvalue weighted by Gasteiger charge is -2.07. The van der Waals surface area contributed by atoms with Crippen LogP contribution in [0, 0.1) is 5.92 Å². The first kappa shape index (κ1) is 39.5. The highest BCUT2D eigenvalue weighted by Gasteiger charge is 2.12. The van der Waals surface area contributed by atoms with E-state index < -0.39 is 30.0 Å². The van der Waals surface area contributed by atoms with Crippen molar-refractivity contribution in [2.24, 2.45) is 17.4 Å². The first-order valence-corrected chi connectivity index (χ1v) is 14.9. The number of hydrogen-bond acceptors (Lipinski definition) is 6. The van der Waals surface area contributed by atoms with Gasteiger partial charge in [0.1, 0.15) is 17.8 Å². The van der Waals surface area contributed by atoms with Crippen LogP contribution in [0.1, 0.15) is 123 Å². The van der Waals surface area contributed by atoms with E-state index in [1.165, 1.54) is 82.8 Å². The smallest absolute Gasteiger partial charge is 0.320 e. The van der Waals surface area contributed by atoms with Crippen molar-refractivity contribution in [2.45, 2.75) is 136 Å². The number of hydrogen-bond donors (Lipinski definition) is 6. The number of unbranched alkanes of at least 4 members (excludes halogenated alkanes) is 12. The number of carboxylic acids is 3. The fourth-order valence-corrected chi connectivity index (χ4v) is 3.88. The van der Waals surface area contributed by atoms with Gasteiger partial charge in [-0.25, -0.2) is 0 Å². The Kier molecular flexibility index (Phi) is 26.2. The van der Waals surface area contributed by atoms with Crippen molar-refractivity contribution < 1.29 is 34.8 Å². The fraction of sp³-hybridized carbons (Fsp3) is 0.710. The standard InChI is InChI=1S/C16H32O2.C9H11NO3.C6H13NO2/c1-2-3-4-5-6-7-8-9-10-11-12-13-14-15-16(17)18;10-8(9(12)13)5-6-1-3-7(11)4-2-6;1-4(2)3-5(7)6(8)9/h2-15H2,1H3,(H,17,18);1-4,8,11H,5,10H2,(H,12,13);4-5H,3,7H2,1-2H3,(H,8,9). The van der Waals surface area contributed by atoms with Gasteiger partial charge >= 0.3 is 17.9 Å². The second kappa shape index (κ2) is 26.6. The lowest BCUT2D eigenvalue weighted by atomic mass is 10.0. The third-order valence-corrected chi connectivity index (χ3v) is 6.25. The number of benzene rings is 1. The molecule has 232 valence electrons. The van der Waals surface area contributed by atoms with E-state index in [0.717, 1.165) is 18.4 Å². The van der Waals surface area contributed by atoms with Crippen molar-refractivity contribution in [3.8, 4) is 5.75 Å². The van der Waals surface area contributed by atoms with Gasteiger partial charge in [-0.3, -0.25) is 14.4 Å². The second-order valence-corrected chi connectivity index (χ2v) is 10.8. The molecule has 9 heteroatoms. The third-order valence-electron chi connectivity index (χ3n) is 6.25. The largest absolute Gasteiger partial charge is 0.508 e. The molecule has 2 unspecified atom stereocenters. The van der Waals surface area contributed by atoms with E-state index in [-0.39, 0.29) is 12.2 Å². The topological polar surface area (TPSA) is 184 Å². The lowest BCUT2D eigenvalue weighted by molar-refractivity contribution is -0.139. The van der Waals surface area contributed by atoms with Crippen LogP contribution in [-0.2, 0) is 20.8 Å². The molecular formula is C31H56N2O7. The summed E-state index contributed by atoms with van der Waals surface area (Å²) in [5.41, 5.74) is 11.3. The molecular weight excluding hydrogens is 512 g/mol. The van der Waals surface area contributed by atoms with Crippen LogP contribution in [0.2, 0.25) is 0 Å². The summed E-state index contributed by atoms with van der Waals surface area (Å²) in [6, 6.07) is 4.74. The summed E-state index contributed by atoms with van der Waals surface area (Å²) in [6.45, 7) is 6.15. The maximum absolute atomic E-state index is 10.4. The summed E-state index contributed by atoms with van der Waals surface area (Å²) >= 11 is 0. The van der Waals surface area contributed by atoms with Crippen LogP contribution < -0.4 is 11.5 Å².